The van der Waals surface area contributed by atoms with Crippen molar-refractivity contribution in [1.29, 1.82) is 0 Å². The molecule has 5 aromatic rings. The first-order chi connectivity index (χ1) is 20.6. The number of aromatic nitrogens is 4. The number of nitrogens with one attached hydrogen (secondary N) is 1. The highest BCUT2D eigenvalue weighted by Crippen LogP contribution is 2.27. The van der Waals surface area contributed by atoms with Crippen LogP contribution in [0.25, 0.3) is 28.0 Å². The van der Waals surface area contributed by atoms with Crippen LogP contribution in [-0.2, 0) is 11.3 Å². The molecule has 0 fully saturated rings. The molecule has 0 spiro atoms. The van der Waals surface area contributed by atoms with Gasteiger partial charge in [0.15, 0.2) is 5.78 Å². The number of benzene rings is 2. The molecule has 0 radical (unpaired) electrons. The number of hydrogen-bond acceptors (Lipinski definition) is 5. The Balaban J connectivity index is 1.63. The summed E-state index contributed by atoms with van der Waals surface area (Å²) in [6.07, 6.45) is 7.66. The molecule has 0 aliphatic carbocycles. The van der Waals surface area contributed by atoms with Crippen molar-refractivity contribution in [3.05, 3.63) is 106 Å². The van der Waals surface area contributed by atoms with E-state index >= 15 is 0 Å². The molecule has 0 saturated carbocycles. The van der Waals surface area contributed by atoms with E-state index in [1.54, 1.807) is 44.4 Å². The summed E-state index contributed by atoms with van der Waals surface area (Å²) in [5.74, 6) is -0.487. The Bertz CT molecular complexity index is 1920. The van der Waals surface area contributed by atoms with Gasteiger partial charge in [-0.15, -0.1) is 0 Å². The maximum absolute atomic E-state index is 13.9. The Hall–Kier alpha value is -4.92. The van der Waals surface area contributed by atoms with E-state index in [1.165, 1.54) is 22.9 Å². The fourth-order valence-corrected chi connectivity index (χ4v) is 5.08. The van der Waals surface area contributed by atoms with Gasteiger partial charge < -0.3 is 9.88 Å². The molecule has 9 heteroatoms. The summed E-state index contributed by atoms with van der Waals surface area (Å²) in [6.45, 7) is 9.43. The number of fused-ring (bicyclic) bond motifs is 1. The smallest absolute Gasteiger partial charge is 0.277 e. The highest BCUT2D eigenvalue weighted by atomic mass is 19.1. The number of aryl methyl sites for hydroxylation is 2. The largest absolute Gasteiger partial charge is 0.320 e. The molecule has 1 amide bonds. The lowest BCUT2D eigenvalue weighted by molar-refractivity contribution is -0.119. The second-order valence-corrected chi connectivity index (χ2v) is 10.9. The highest BCUT2D eigenvalue weighted by Gasteiger charge is 2.19. The molecule has 1 N–H and O–H groups in total. The molecule has 43 heavy (non-hydrogen) atoms. The third-order valence-electron chi connectivity index (χ3n) is 7.85. The second-order valence-electron chi connectivity index (χ2n) is 10.9. The van der Waals surface area contributed by atoms with Crippen LogP contribution < -0.4 is 10.9 Å². The lowest BCUT2D eigenvalue weighted by Crippen LogP contribution is -2.30. The van der Waals surface area contributed by atoms with Crippen LogP contribution in [0, 0.1) is 25.6 Å². The summed E-state index contributed by atoms with van der Waals surface area (Å²) < 4.78 is 17.4. The zero-order valence-corrected chi connectivity index (χ0v) is 24.9. The number of Topliss-reactive ketones (excluding diaryl/α,β-unsaturated/α-hetero) is 1. The topological polar surface area (TPSA) is 98.9 Å². The number of carbonyl (C=O) groups excluding carboxylic acids is 2. The van der Waals surface area contributed by atoms with Crippen LogP contribution in [0.5, 0.6) is 0 Å². The molecular formula is C34H34FN5O3. The zero-order chi connectivity index (χ0) is 30.8. The van der Waals surface area contributed by atoms with E-state index in [0.717, 1.165) is 27.7 Å². The van der Waals surface area contributed by atoms with Gasteiger partial charge in [-0.05, 0) is 67.3 Å². The van der Waals surface area contributed by atoms with E-state index in [4.69, 9.17) is 0 Å². The maximum Gasteiger partial charge on any atom is 0.277 e. The molecular weight excluding hydrogens is 545 g/mol. The van der Waals surface area contributed by atoms with Crippen molar-refractivity contribution in [2.24, 2.45) is 5.92 Å². The van der Waals surface area contributed by atoms with Gasteiger partial charge in [0.25, 0.3) is 5.56 Å². The first kappa shape index (κ1) is 29.6. The van der Waals surface area contributed by atoms with Crippen molar-refractivity contribution in [3.8, 4) is 17.1 Å². The third-order valence-corrected chi connectivity index (χ3v) is 7.85. The zero-order valence-electron chi connectivity index (χ0n) is 24.9. The minimum atomic E-state index is -0.420. The van der Waals surface area contributed by atoms with Gasteiger partial charge in [0.2, 0.25) is 5.91 Å². The van der Waals surface area contributed by atoms with Crippen LogP contribution in [0.15, 0.2) is 72.0 Å². The fraction of sp³-hybridized carbons (Fsp3) is 0.265. The Labute approximate surface area is 249 Å². The number of pyridine rings is 1. The number of anilines is 1. The van der Waals surface area contributed by atoms with E-state index in [9.17, 15) is 18.8 Å². The average Bonchev–Trinajstić information content (AvgIpc) is 3.34. The molecule has 0 saturated heterocycles. The first-order valence-corrected chi connectivity index (χ1v) is 14.4. The maximum atomic E-state index is 13.9. The number of hydrogen-bond donors (Lipinski definition) is 1. The Morgan fingerprint density at radius 3 is 2.53 bits per heavy atom. The van der Waals surface area contributed by atoms with Gasteiger partial charge >= 0.3 is 0 Å². The number of amides is 1. The Morgan fingerprint density at radius 1 is 1.00 bits per heavy atom. The number of carbonyl (C=O) groups is 2. The van der Waals surface area contributed by atoms with Crippen molar-refractivity contribution in [1.82, 2.24) is 19.1 Å². The van der Waals surface area contributed by atoms with Gasteiger partial charge in [-0.1, -0.05) is 32.9 Å². The van der Waals surface area contributed by atoms with Crippen LogP contribution in [0.1, 0.15) is 60.7 Å². The van der Waals surface area contributed by atoms with Crippen LogP contribution in [0.3, 0.4) is 0 Å². The van der Waals surface area contributed by atoms with E-state index in [1.807, 2.05) is 43.7 Å². The van der Waals surface area contributed by atoms with Crippen molar-refractivity contribution in [2.45, 2.75) is 54.0 Å². The lowest BCUT2D eigenvalue weighted by Gasteiger charge is -2.17. The minimum Gasteiger partial charge on any atom is -0.320 e. The Morgan fingerprint density at radius 2 is 1.79 bits per heavy atom. The van der Waals surface area contributed by atoms with Gasteiger partial charge in [0, 0.05) is 41.2 Å². The minimum absolute atomic E-state index is 0.0152. The number of rotatable bonds is 9. The van der Waals surface area contributed by atoms with Gasteiger partial charge in [-0.2, -0.15) is 0 Å². The summed E-state index contributed by atoms with van der Waals surface area (Å²) in [5, 5.41) is 3.55. The highest BCUT2D eigenvalue weighted by molar-refractivity contribution is 5.97. The first-order valence-electron chi connectivity index (χ1n) is 14.4. The summed E-state index contributed by atoms with van der Waals surface area (Å²) in [5.41, 5.74) is 4.90. The second kappa shape index (κ2) is 12.1. The number of halogens is 1. The van der Waals surface area contributed by atoms with E-state index in [2.05, 4.69) is 15.3 Å². The predicted molar refractivity (Wildman–Crippen MR) is 166 cm³/mol. The van der Waals surface area contributed by atoms with Crippen LogP contribution >= 0.6 is 0 Å². The monoisotopic (exact) mass is 579 g/mol. The van der Waals surface area contributed by atoms with Crippen molar-refractivity contribution < 1.29 is 14.0 Å². The average molecular weight is 580 g/mol. The van der Waals surface area contributed by atoms with Crippen LogP contribution in [0.2, 0.25) is 0 Å². The van der Waals surface area contributed by atoms with Crippen molar-refractivity contribution in [2.75, 3.05) is 5.32 Å². The normalized spacial score (nSPS) is 12.0. The molecule has 0 bridgehead atoms. The molecule has 3 aromatic heterocycles. The summed E-state index contributed by atoms with van der Waals surface area (Å²) in [6, 6.07) is 12.0. The fourth-order valence-electron chi connectivity index (χ4n) is 5.08. The van der Waals surface area contributed by atoms with Gasteiger partial charge in [0.1, 0.15) is 17.3 Å². The molecule has 3 heterocycles. The number of nitrogens with zero attached hydrogens (tertiary/aromatic N) is 4. The van der Waals surface area contributed by atoms with Gasteiger partial charge in [-0.25, -0.2) is 9.37 Å². The molecule has 0 aliphatic heterocycles. The lowest BCUT2D eigenvalue weighted by atomic mass is 10.0. The van der Waals surface area contributed by atoms with Crippen molar-refractivity contribution >= 4 is 28.3 Å². The molecule has 8 nitrogen and oxygen atoms in total. The SMILES string of the molecule is CCC(=O)c1ccc(C)c(-c2ncc(NC(=O)[C@H](C)CC)c(=O)n2Cc2cncc(-n3cc(C)c4cc(F)ccc43)c2)c1. The molecule has 0 aliphatic rings. The quantitative estimate of drug-likeness (QED) is 0.198. The predicted octanol–water partition coefficient (Wildman–Crippen LogP) is 6.63. The molecule has 1 atom stereocenters. The molecule has 5 rings (SSSR count). The number of ketones is 1. The van der Waals surface area contributed by atoms with E-state index < -0.39 is 5.56 Å². The summed E-state index contributed by atoms with van der Waals surface area (Å²) in [7, 11) is 0. The van der Waals surface area contributed by atoms with Gasteiger partial charge in [-0.3, -0.25) is 23.9 Å². The summed E-state index contributed by atoms with van der Waals surface area (Å²) in [4.78, 5) is 48.3. The van der Waals surface area contributed by atoms with Crippen molar-refractivity contribution in [3.63, 3.8) is 0 Å². The standard InChI is InChI=1S/C34H34FN5O3/c1-6-20(3)33(42)38-29-17-37-32(28-13-24(31(41)7-2)9-8-21(28)4)40(34(29)43)19-23-12-26(16-36-15-23)39-18-22(5)27-14-25(35)10-11-30(27)39/h8-18,20H,6-7,19H2,1-5H3,(H,38,42)/t20-/m1/s1. The van der Waals surface area contributed by atoms with Crippen LogP contribution in [-0.4, -0.2) is 30.8 Å². The molecule has 2 aromatic carbocycles. The molecule has 0 unspecified atom stereocenters. The molecule has 220 valence electrons. The van der Waals surface area contributed by atoms with Gasteiger partial charge in [0.05, 0.1) is 30.1 Å². The Kier molecular flexibility index (Phi) is 8.34. The summed E-state index contributed by atoms with van der Waals surface area (Å²) >= 11 is 0. The van der Waals surface area contributed by atoms with E-state index in [0.29, 0.717) is 35.4 Å². The van der Waals surface area contributed by atoms with E-state index in [-0.39, 0.29) is 35.7 Å². The third kappa shape index (κ3) is 5.88. The van der Waals surface area contributed by atoms with Crippen LogP contribution in [0.4, 0.5) is 10.1 Å².